The highest BCUT2D eigenvalue weighted by Crippen LogP contribution is 2.26. The average Bonchev–Trinajstić information content (AvgIpc) is 2.21. The molecule has 0 aliphatic rings. The fourth-order valence-electron chi connectivity index (χ4n) is 1.39. The van der Waals surface area contributed by atoms with Gasteiger partial charge >= 0.3 is 0 Å². The minimum atomic E-state index is -0.454. The van der Waals surface area contributed by atoms with Crippen molar-refractivity contribution in [1.29, 1.82) is 0 Å². The van der Waals surface area contributed by atoms with Gasteiger partial charge in [-0.25, -0.2) is 4.39 Å². The van der Waals surface area contributed by atoms with Crippen LogP contribution in [0.1, 0.15) is 31.0 Å². The van der Waals surface area contributed by atoms with E-state index in [2.05, 4.69) is 0 Å². The summed E-state index contributed by atoms with van der Waals surface area (Å²) in [4.78, 5) is 0. The first-order valence-electron chi connectivity index (χ1n) is 4.95. The molecule has 1 unspecified atom stereocenters. The van der Waals surface area contributed by atoms with Crippen molar-refractivity contribution in [2.45, 2.75) is 32.4 Å². The second-order valence-corrected chi connectivity index (χ2v) is 4.29. The molecule has 0 fully saturated rings. The van der Waals surface area contributed by atoms with Crippen LogP contribution in [0, 0.1) is 12.7 Å². The number of ether oxygens (including phenoxy) is 1. The molecular weight excluding hydrogens is 193 g/mol. The summed E-state index contributed by atoms with van der Waals surface area (Å²) < 4.78 is 18.4. The van der Waals surface area contributed by atoms with Crippen molar-refractivity contribution in [3.8, 4) is 0 Å². The predicted molar refractivity (Wildman–Crippen MR) is 59.2 cm³/mol. The first-order chi connectivity index (χ1) is 6.88. The van der Waals surface area contributed by atoms with Crippen LogP contribution in [0.5, 0.6) is 0 Å². The molecule has 0 radical (unpaired) electrons. The van der Waals surface area contributed by atoms with Gasteiger partial charge in [-0.15, -0.1) is 0 Å². The van der Waals surface area contributed by atoms with Crippen LogP contribution >= 0.6 is 0 Å². The standard InChI is InChI=1S/C12H18FNO/c1-8-7-9(5-6-10(8)13)11(14)12(2,3)15-4/h5-7,11H,14H2,1-4H3. The first kappa shape index (κ1) is 12.1. The van der Waals surface area contributed by atoms with Crippen LogP contribution < -0.4 is 5.73 Å². The van der Waals surface area contributed by atoms with E-state index in [1.165, 1.54) is 6.07 Å². The third-order valence-electron chi connectivity index (χ3n) is 2.82. The topological polar surface area (TPSA) is 35.2 Å². The number of rotatable bonds is 3. The maximum absolute atomic E-state index is 13.1. The average molecular weight is 211 g/mol. The monoisotopic (exact) mass is 211 g/mol. The Morgan fingerprint density at radius 1 is 1.40 bits per heavy atom. The van der Waals surface area contributed by atoms with E-state index >= 15 is 0 Å². The van der Waals surface area contributed by atoms with Crippen molar-refractivity contribution >= 4 is 0 Å². The minimum Gasteiger partial charge on any atom is -0.377 e. The van der Waals surface area contributed by atoms with E-state index in [1.54, 1.807) is 26.2 Å². The van der Waals surface area contributed by atoms with Crippen LogP contribution in [0.25, 0.3) is 0 Å². The van der Waals surface area contributed by atoms with Crippen LogP contribution in [0.15, 0.2) is 18.2 Å². The van der Waals surface area contributed by atoms with Gasteiger partial charge < -0.3 is 10.5 Å². The summed E-state index contributed by atoms with van der Waals surface area (Å²) in [5, 5.41) is 0. The molecule has 2 N–H and O–H groups in total. The Hall–Kier alpha value is -0.930. The van der Waals surface area contributed by atoms with Gasteiger partial charge in [-0.2, -0.15) is 0 Å². The van der Waals surface area contributed by atoms with Gasteiger partial charge in [0.2, 0.25) is 0 Å². The summed E-state index contributed by atoms with van der Waals surface area (Å²) in [5.74, 6) is -0.207. The Morgan fingerprint density at radius 2 is 2.00 bits per heavy atom. The van der Waals surface area contributed by atoms with Crippen LogP contribution in [-0.4, -0.2) is 12.7 Å². The lowest BCUT2D eigenvalue weighted by atomic mass is 9.91. The zero-order valence-corrected chi connectivity index (χ0v) is 9.67. The molecule has 1 atom stereocenters. The van der Waals surface area contributed by atoms with Gasteiger partial charge in [0.25, 0.3) is 0 Å². The molecule has 0 amide bonds. The normalized spacial score (nSPS) is 14.0. The number of benzene rings is 1. The zero-order valence-electron chi connectivity index (χ0n) is 9.67. The van der Waals surface area contributed by atoms with Crippen LogP contribution in [-0.2, 0) is 4.74 Å². The molecule has 1 rings (SSSR count). The largest absolute Gasteiger partial charge is 0.377 e. The third kappa shape index (κ3) is 2.55. The van der Waals surface area contributed by atoms with Gasteiger partial charge in [-0.3, -0.25) is 0 Å². The second kappa shape index (κ2) is 4.29. The minimum absolute atomic E-state index is 0.207. The van der Waals surface area contributed by atoms with E-state index in [1.807, 2.05) is 13.8 Å². The molecule has 84 valence electrons. The van der Waals surface area contributed by atoms with Crippen molar-refractivity contribution in [3.63, 3.8) is 0 Å². The first-order valence-corrected chi connectivity index (χ1v) is 4.95. The Kier molecular flexibility index (Phi) is 3.47. The van der Waals surface area contributed by atoms with Crippen LogP contribution in [0.2, 0.25) is 0 Å². The third-order valence-corrected chi connectivity index (χ3v) is 2.82. The van der Waals surface area contributed by atoms with Crippen molar-refractivity contribution in [3.05, 3.63) is 35.1 Å². The van der Waals surface area contributed by atoms with E-state index in [9.17, 15) is 4.39 Å². The molecule has 3 heteroatoms. The van der Waals surface area contributed by atoms with E-state index < -0.39 is 5.60 Å². The molecule has 0 bridgehead atoms. The summed E-state index contributed by atoms with van der Waals surface area (Å²) in [6.45, 7) is 5.55. The van der Waals surface area contributed by atoms with Gasteiger partial charge in [-0.05, 0) is 38.0 Å². The van der Waals surface area contributed by atoms with Gasteiger partial charge in [0.1, 0.15) is 5.82 Å². The van der Waals surface area contributed by atoms with Gasteiger partial charge in [0, 0.05) is 7.11 Å². The number of hydrogen-bond donors (Lipinski definition) is 1. The smallest absolute Gasteiger partial charge is 0.126 e. The molecule has 1 aromatic rings. The second-order valence-electron chi connectivity index (χ2n) is 4.29. The lowest BCUT2D eigenvalue weighted by Crippen LogP contribution is -2.37. The van der Waals surface area contributed by atoms with Gasteiger partial charge in [0.05, 0.1) is 11.6 Å². The fraction of sp³-hybridized carbons (Fsp3) is 0.500. The summed E-state index contributed by atoms with van der Waals surface area (Å²) in [6.07, 6.45) is 0. The summed E-state index contributed by atoms with van der Waals surface area (Å²) in [5.41, 5.74) is 7.10. The molecular formula is C12H18FNO. The van der Waals surface area contributed by atoms with Crippen molar-refractivity contribution in [1.82, 2.24) is 0 Å². The molecule has 15 heavy (non-hydrogen) atoms. The number of halogens is 1. The highest BCUT2D eigenvalue weighted by atomic mass is 19.1. The molecule has 0 aliphatic heterocycles. The zero-order chi connectivity index (χ0) is 11.6. The SMILES string of the molecule is COC(C)(C)C(N)c1ccc(F)c(C)c1. The van der Waals surface area contributed by atoms with Gasteiger partial charge in [0.15, 0.2) is 0 Å². The van der Waals surface area contributed by atoms with E-state index in [-0.39, 0.29) is 11.9 Å². The maximum Gasteiger partial charge on any atom is 0.126 e. The predicted octanol–water partition coefficient (Wildman–Crippen LogP) is 2.56. The van der Waals surface area contributed by atoms with E-state index in [0.717, 1.165) is 5.56 Å². The Balaban J connectivity index is 3.02. The van der Waals surface area contributed by atoms with Gasteiger partial charge in [-0.1, -0.05) is 12.1 Å². The summed E-state index contributed by atoms with van der Waals surface area (Å²) in [7, 11) is 1.62. The summed E-state index contributed by atoms with van der Waals surface area (Å²) in [6, 6.07) is 4.65. The Morgan fingerprint density at radius 3 is 2.47 bits per heavy atom. The van der Waals surface area contributed by atoms with E-state index in [0.29, 0.717) is 5.56 Å². The fourth-order valence-corrected chi connectivity index (χ4v) is 1.39. The van der Waals surface area contributed by atoms with Crippen molar-refractivity contribution in [2.75, 3.05) is 7.11 Å². The quantitative estimate of drug-likeness (QED) is 0.834. The summed E-state index contributed by atoms with van der Waals surface area (Å²) >= 11 is 0. The Labute approximate surface area is 90.2 Å². The highest BCUT2D eigenvalue weighted by Gasteiger charge is 2.27. The van der Waals surface area contributed by atoms with E-state index in [4.69, 9.17) is 10.5 Å². The maximum atomic E-state index is 13.1. The molecule has 0 aliphatic carbocycles. The highest BCUT2D eigenvalue weighted by molar-refractivity contribution is 5.27. The molecule has 0 aromatic heterocycles. The van der Waals surface area contributed by atoms with Crippen LogP contribution in [0.4, 0.5) is 4.39 Å². The number of aryl methyl sites for hydroxylation is 1. The molecule has 1 aromatic carbocycles. The lowest BCUT2D eigenvalue weighted by Gasteiger charge is -2.30. The molecule has 0 saturated heterocycles. The molecule has 0 saturated carbocycles. The molecule has 2 nitrogen and oxygen atoms in total. The van der Waals surface area contributed by atoms with Crippen molar-refractivity contribution < 1.29 is 9.13 Å². The number of methoxy groups -OCH3 is 1. The Bertz CT molecular complexity index is 349. The molecule has 0 spiro atoms. The van der Waals surface area contributed by atoms with Crippen LogP contribution in [0.3, 0.4) is 0 Å². The van der Waals surface area contributed by atoms with Crippen molar-refractivity contribution in [2.24, 2.45) is 5.73 Å². The lowest BCUT2D eigenvalue weighted by molar-refractivity contribution is -0.0000585. The number of hydrogen-bond acceptors (Lipinski definition) is 2. The molecule has 0 heterocycles. The number of nitrogens with two attached hydrogens (primary N) is 1.